The molecule has 1 heterocycles. The summed E-state index contributed by atoms with van der Waals surface area (Å²) < 4.78 is 0. The van der Waals surface area contributed by atoms with E-state index in [1.165, 1.54) is 0 Å². The molecule has 0 saturated carbocycles. The maximum Gasteiger partial charge on any atom is 0.271 e. The molecule has 0 aromatic carbocycles. The number of carbonyl (C=O) groups excluding carboxylic acids is 1. The summed E-state index contributed by atoms with van der Waals surface area (Å²) in [6.45, 7) is 9.88. The summed E-state index contributed by atoms with van der Waals surface area (Å²) in [5, 5.41) is 13.7. The lowest BCUT2D eigenvalue weighted by Gasteiger charge is -2.18. The molecule has 5 nitrogen and oxygen atoms in total. The molecule has 0 unspecified atom stereocenters. The number of nitrogens with zero attached hydrogens (tertiary/aromatic N) is 2. The largest absolute Gasteiger partial charge is 0.369 e. The van der Waals surface area contributed by atoms with Crippen molar-refractivity contribution in [2.24, 2.45) is 5.41 Å². The molecular weight excluding hydrogens is 228 g/mol. The van der Waals surface area contributed by atoms with Crippen molar-refractivity contribution in [1.82, 2.24) is 15.5 Å². The standard InChI is InChI=1S/C13H22N4O/c1-5-14-12(18)10-6-7-11(17-16-10)15-9-8-13(2,3)4/h6-7H,5,8-9H2,1-4H3,(H,14,18)(H,15,17). The number of anilines is 1. The van der Waals surface area contributed by atoms with Crippen LogP contribution in [-0.2, 0) is 0 Å². The summed E-state index contributed by atoms with van der Waals surface area (Å²) >= 11 is 0. The van der Waals surface area contributed by atoms with Gasteiger partial charge in [-0.25, -0.2) is 0 Å². The Kier molecular flexibility index (Phi) is 5.07. The highest BCUT2D eigenvalue weighted by Crippen LogP contribution is 2.18. The van der Waals surface area contributed by atoms with Gasteiger partial charge in [0.15, 0.2) is 5.69 Å². The fourth-order valence-corrected chi connectivity index (χ4v) is 1.36. The van der Waals surface area contributed by atoms with Crippen LogP contribution in [0.3, 0.4) is 0 Å². The minimum atomic E-state index is -0.189. The van der Waals surface area contributed by atoms with Gasteiger partial charge in [0.05, 0.1) is 0 Å². The Morgan fingerprint density at radius 2 is 2.00 bits per heavy atom. The smallest absolute Gasteiger partial charge is 0.271 e. The summed E-state index contributed by atoms with van der Waals surface area (Å²) in [7, 11) is 0. The van der Waals surface area contributed by atoms with Crippen LogP contribution in [0.5, 0.6) is 0 Å². The summed E-state index contributed by atoms with van der Waals surface area (Å²) in [5.41, 5.74) is 0.639. The number of hydrogen-bond acceptors (Lipinski definition) is 4. The van der Waals surface area contributed by atoms with E-state index in [0.29, 0.717) is 23.5 Å². The number of carbonyl (C=O) groups is 1. The van der Waals surface area contributed by atoms with Crippen molar-refractivity contribution in [2.45, 2.75) is 34.1 Å². The zero-order valence-electron chi connectivity index (χ0n) is 11.6. The second-order valence-corrected chi connectivity index (χ2v) is 5.40. The van der Waals surface area contributed by atoms with E-state index in [1.54, 1.807) is 12.1 Å². The van der Waals surface area contributed by atoms with Gasteiger partial charge in [0.25, 0.3) is 5.91 Å². The molecule has 0 saturated heterocycles. The van der Waals surface area contributed by atoms with Gasteiger partial charge in [0.2, 0.25) is 0 Å². The van der Waals surface area contributed by atoms with Crippen LogP contribution in [0.25, 0.3) is 0 Å². The fourth-order valence-electron chi connectivity index (χ4n) is 1.36. The van der Waals surface area contributed by atoms with Gasteiger partial charge in [-0.15, -0.1) is 10.2 Å². The minimum absolute atomic E-state index is 0.189. The maximum absolute atomic E-state index is 11.5. The number of aromatic nitrogens is 2. The highest BCUT2D eigenvalue weighted by atomic mass is 16.1. The van der Waals surface area contributed by atoms with E-state index in [0.717, 1.165) is 13.0 Å². The highest BCUT2D eigenvalue weighted by molar-refractivity contribution is 5.92. The molecule has 0 fully saturated rings. The molecule has 0 aliphatic heterocycles. The summed E-state index contributed by atoms with van der Waals surface area (Å²) in [6.07, 6.45) is 1.05. The lowest BCUT2D eigenvalue weighted by atomic mass is 9.92. The fraction of sp³-hybridized carbons (Fsp3) is 0.615. The van der Waals surface area contributed by atoms with E-state index in [2.05, 4.69) is 41.6 Å². The molecule has 5 heteroatoms. The molecule has 1 aromatic rings. The second kappa shape index (κ2) is 6.33. The van der Waals surface area contributed by atoms with E-state index in [-0.39, 0.29) is 5.91 Å². The number of rotatable bonds is 5. The average Bonchev–Trinajstić information content (AvgIpc) is 2.28. The Hall–Kier alpha value is -1.65. The molecule has 100 valence electrons. The van der Waals surface area contributed by atoms with Gasteiger partial charge < -0.3 is 10.6 Å². The SMILES string of the molecule is CCNC(=O)c1ccc(NCCC(C)(C)C)nn1. The van der Waals surface area contributed by atoms with Crippen LogP contribution in [0.4, 0.5) is 5.82 Å². The Labute approximate surface area is 108 Å². The maximum atomic E-state index is 11.5. The molecule has 0 aliphatic carbocycles. The summed E-state index contributed by atoms with van der Waals surface area (Å²) in [6, 6.07) is 3.46. The van der Waals surface area contributed by atoms with Crippen LogP contribution >= 0.6 is 0 Å². The van der Waals surface area contributed by atoms with Gasteiger partial charge in [-0.2, -0.15) is 0 Å². The van der Waals surface area contributed by atoms with Crippen LogP contribution in [-0.4, -0.2) is 29.2 Å². The molecule has 1 rings (SSSR count). The number of amides is 1. The molecular formula is C13H22N4O. The van der Waals surface area contributed by atoms with Crippen LogP contribution in [0.1, 0.15) is 44.6 Å². The first-order chi connectivity index (χ1) is 8.42. The van der Waals surface area contributed by atoms with Crippen molar-refractivity contribution >= 4 is 11.7 Å². The zero-order valence-corrected chi connectivity index (χ0v) is 11.6. The van der Waals surface area contributed by atoms with Crippen LogP contribution in [0, 0.1) is 5.41 Å². The molecule has 0 atom stereocenters. The molecule has 0 aliphatic rings. The van der Waals surface area contributed by atoms with Crippen molar-refractivity contribution in [1.29, 1.82) is 0 Å². The Bertz CT molecular complexity index is 381. The molecule has 0 radical (unpaired) electrons. The van der Waals surface area contributed by atoms with E-state index >= 15 is 0 Å². The first-order valence-electron chi connectivity index (χ1n) is 6.28. The molecule has 1 aromatic heterocycles. The lowest BCUT2D eigenvalue weighted by Crippen LogP contribution is -2.24. The molecule has 2 N–H and O–H groups in total. The third-order valence-corrected chi connectivity index (χ3v) is 2.42. The molecule has 18 heavy (non-hydrogen) atoms. The van der Waals surface area contributed by atoms with E-state index in [1.807, 2.05) is 6.92 Å². The summed E-state index contributed by atoms with van der Waals surface area (Å²) in [5.74, 6) is 0.513. The van der Waals surface area contributed by atoms with Gasteiger partial charge in [0.1, 0.15) is 5.82 Å². The molecule has 0 bridgehead atoms. The van der Waals surface area contributed by atoms with Gasteiger partial charge in [-0.05, 0) is 30.9 Å². The topological polar surface area (TPSA) is 66.9 Å². The summed E-state index contributed by atoms with van der Waals surface area (Å²) in [4.78, 5) is 11.5. The minimum Gasteiger partial charge on any atom is -0.369 e. The lowest BCUT2D eigenvalue weighted by molar-refractivity contribution is 0.0950. The first kappa shape index (κ1) is 14.4. The first-order valence-corrected chi connectivity index (χ1v) is 6.28. The van der Waals surface area contributed by atoms with E-state index in [4.69, 9.17) is 0 Å². The van der Waals surface area contributed by atoms with Crippen LogP contribution in [0.15, 0.2) is 12.1 Å². The Morgan fingerprint density at radius 3 is 2.50 bits per heavy atom. The van der Waals surface area contributed by atoms with Crippen LogP contribution in [0.2, 0.25) is 0 Å². The van der Waals surface area contributed by atoms with Gasteiger partial charge in [-0.1, -0.05) is 20.8 Å². The van der Waals surface area contributed by atoms with E-state index < -0.39 is 0 Å². The number of nitrogens with one attached hydrogen (secondary N) is 2. The van der Waals surface area contributed by atoms with Crippen molar-refractivity contribution < 1.29 is 4.79 Å². The second-order valence-electron chi connectivity index (χ2n) is 5.40. The van der Waals surface area contributed by atoms with Crippen molar-refractivity contribution in [3.05, 3.63) is 17.8 Å². The quantitative estimate of drug-likeness (QED) is 0.839. The van der Waals surface area contributed by atoms with Gasteiger partial charge in [-0.3, -0.25) is 4.79 Å². The normalized spacial score (nSPS) is 11.1. The zero-order chi connectivity index (χ0) is 13.6. The monoisotopic (exact) mass is 250 g/mol. The van der Waals surface area contributed by atoms with Crippen molar-refractivity contribution in [3.8, 4) is 0 Å². The molecule has 1 amide bonds. The third-order valence-electron chi connectivity index (χ3n) is 2.42. The predicted octanol–water partition coefficient (Wildman–Crippen LogP) is 2.07. The van der Waals surface area contributed by atoms with Crippen molar-refractivity contribution in [2.75, 3.05) is 18.4 Å². The Balaban J connectivity index is 2.48. The Morgan fingerprint density at radius 1 is 1.28 bits per heavy atom. The van der Waals surface area contributed by atoms with E-state index in [9.17, 15) is 4.79 Å². The predicted molar refractivity (Wildman–Crippen MR) is 72.6 cm³/mol. The van der Waals surface area contributed by atoms with Gasteiger partial charge in [0, 0.05) is 13.1 Å². The average molecular weight is 250 g/mol. The van der Waals surface area contributed by atoms with Gasteiger partial charge >= 0.3 is 0 Å². The molecule has 0 spiro atoms. The number of hydrogen-bond donors (Lipinski definition) is 2. The highest BCUT2D eigenvalue weighted by Gasteiger charge is 2.10. The third kappa shape index (κ3) is 5.12. The van der Waals surface area contributed by atoms with Crippen LogP contribution < -0.4 is 10.6 Å². The van der Waals surface area contributed by atoms with Crippen molar-refractivity contribution in [3.63, 3.8) is 0 Å².